The minimum atomic E-state index is -0.430. The van der Waals surface area contributed by atoms with Crippen LogP contribution < -0.4 is 5.56 Å². The largest absolute Gasteiger partial charge is 0.294 e. The Morgan fingerprint density at radius 2 is 1.40 bits per heavy atom. The van der Waals surface area contributed by atoms with Crippen molar-refractivity contribution in [2.45, 2.75) is 6.42 Å². The van der Waals surface area contributed by atoms with E-state index in [1.165, 1.54) is 4.57 Å². The average Bonchev–Trinajstić information content (AvgIpc) is 2.80. The number of aromatic nitrogens is 1. The van der Waals surface area contributed by atoms with Crippen molar-refractivity contribution in [3.05, 3.63) is 124 Å². The molecular weight excluding hydrogens is 372 g/mol. The maximum absolute atomic E-state index is 13.4. The molecular formula is C26H18N2O2. The third-order valence-corrected chi connectivity index (χ3v) is 4.93. The molecule has 0 saturated heterocycles. The molecule has 0 aliphatic rings. The van der Waals surface area contributed by atoms with E-state index in [0.29, 0.717) is 22.5 Å². The molecule has 0 aliphatic heterocycles. The lowest BCUT2D eigenvalue weighted by molar-refractivity contribution is 0.0991. The summed E-state index contributed by atoms with van der Waals surface area (Å²) in [5.41, 5.74) is 2.66. The number of carbonyl (C=O) groups is 1. The lowest BCUT2D eigenvalue weighted by Crippen LogP contribution is -2.26. The smallest absolute Gasteiger partial charge is 0.273 e. The van der Waals surface area contributed by atoms with Crippen molar-refractivity contribution in [1.82, 2.24) is 4.57 Å². The zero-order valence-corrected chi connectivity index (χ0v) is 16.2. The average molecular weight is 390 g/mol. The number of benzene rings is 3. The SMILES string of the molecule is N#Cc1c(-c2ccccc2)cc(CC(=O)c2ccccc2)n(-c2ccccc2)c1=O. The summed E-state index contributed by atoms with van der Waals surface area (Å²) in [4.78, 5) is 26.3. The molecule has 4 nitrogen and oxygen atoms in total. The summed E-state index contributed by atoms with van der Waals surface area (Å²) in [5.74, 6) is -0.0941. The fourth-order valence-electron chi connectivity index (χ4n) is 3.50. The van der Waals surface area contributed by atoms with Gasteiger partial charge in [0.2, 0.25) is 0 Å². The van der Waals surface area contributed by atoms with Crippen LogP contribution in [0.4, 0.5) is 0 Å². The molecule has 1 aromatic heterocycles. The van der Waals surface area contributed by atoms with Crippen molar-refractivity contribution >= 4 is 5.78 Å². The first kappa shape index (κ1) is 19.1. The highest BCUT2D eigenvalue weighted by Crippen LogP contribution is 2.24. The third-order valence-electron chi connectivity index (χ3n) is 4.93. The van der Waals surface area contributed by atoms with Gasteiger partial charge in [0, 0.05) is 22.5 Å². The first-order chi connectivity index (χ1) is 14.7. The molecule has 0 radical (unpaired) electrons. The summed E-state index contributed by atoms with van der Waals surface area (Å²) in [6.45, 7) is 0. The lowest BCUT2D eigenvalue weighted by atomic mass is 9.98. The molecule has 0 bridgehead atoms. The van der Waals surface area contributed by atoms with Gasteiger partial charge in [-0.3, -0.25) is 14.2 Å². The minimum absolute atomic E-state index is 0.0414. The van der Waals surface area contributed by atoms with Crippen LogP contribution >= 0.6 is 0 Å². The van der Waals surface area contributed by atoms with E-state index >= 15 is 0 Å². The van der Waals surface area contributed by atoms with E-state index in [-0.39, 0.29) is 17.8 Å². The highest BCUT2D eigenvalue weighted by Gasteiger charge is 2.19. The van der Waals surface area contributed by atoms with E-state index in [1.807, 2.05) is 66.7 Å². The van der Waals surface area contributed by atoms with E-state index in [9.17, 15) is 14.9 Å². The highest BCUT2D eigenvalue weighted by atomic mass is 16.1. The topological polar surface area (TPSA) is 62.9 Å². The van der Waals surface area contributed by atoms with Gasteiger partial charge >= 0.3 is 0 Å². The van der Waals surface area contributed by atoms with Gasteiger partial charge in [-0.25, -0.2) is 0 Å². The summed E-state index contributed by atoms with van der Waals surface area (Å²) >= 11 is 0. The number of carbonyl (C=O) groups excluding carboxylic acids is 1. The van der Waals surface area contributed by atoms with Crippen LogP contribution in [0, 0.1) is 11.3 Å². The number of nitriles is 1. The Morgan fingerprint density at radius 3 is 2.00 bits per heavy atom. The van der Waals surface area contributed by atoms with Crippen LogP contribution in [0.5, 0.6) is 0 Å². The molecule has 4 aromatic rings. The number of para-hydroxylation sites is 1. The van der Waals surface area contributed by atoms with Crippen molar-refractivity contribution in [3.63, 3.8) is 0 Å². The van der Waals surface area contributed by atoms with Gasteiger partial charge in [0.05, 0.1) is 6.42 Å². The molecule has 1 heterocycles. The summed E-state index contributed by atoms with van der Waals surface area (Å²) in [6, 6.07) is 31.2. The zero-order valence-electron chi connectivity index (χ0n) is 16.2. The van der Waals surface area contributed by atoms with Gasteiger partial charge in [0.1, 0.15) is 11.6 Å². The van der Waals surface area contributed by atoms with Gasteiger partial charge in [0.25, 0.3) is 5.56 Å². The fourth-order valence-corrected chi connectivity index (χ4v) is 3.50. The standard InChI is InChI=1S/C26H18N2O2/c27-18-24-23(19-10-4-1-5-11-19)16-22(17-25(29)20-12-6-2-7-13-20)28(26(24)30)21-14-8-3-9-15-21/h1-16H,17H2. The Morgan fingerprint density at radius 1 is 0.833 bits per heavy atom. The summed E-state index contributed by atoms with van der Waals surface area (Å²) in [6.07, 6.45) is 0.0414. The second-order valence-corrected chi connectivity index (χ2v) is 6.84. The fraction of sp³-hybridized carbons (Fsp3) is 0.0385. The molecule has 0 saturated carbocycles. The number of ketones is 1. The molecule has 4 heteroatoms. The van der Waals surface area contributed by atoms with E-state index in [4.69, 9.17) is 0 Å². The van der Waals surface area contributed by atoms with Crippen LogP contribution in [0.2, 0.25) is 0 Å². The van der Waals surface area contributed by atoms with Crippen molar-refractivity contribution in [2.24, 2.45) is 0 Å². The monoisotopic (exact) mass is 390 g/mol. The van der Waals surface area contributed by atoms with Crippen LogP contribution in [0.1, 0.15) is 21.6 Å². The molecule has 0 unspecified atom stereocenters. The molecule has 3 aromatic carbocycles. The van der Waals surface area contributed by atoms with Crippen LogP contribution in [0.25, 0.3) is 16.8 Å². The summed E-state index contributed by atoms with van der Waals surface area (Å²) in [7, 11) is 0. The second-order valence-electron chi connectivity index (χ2n) is 6.84. The van der Waals surface area contributed by atoms with E-state index < -0.39 is 5.56 Å². The molecule has 0 N–H and O–H groups in total. The van der Waals surface area contributed by atoms with Crippen LogP contribution in [0.15, 0.2) is 102 Å². The molecule has 0 amide bonds. The van der Waals surface area contributed by atoms with Crippen LogP contribution in [-0.2, 0) is 6.42 Å². The predicted octanol–water partition coefficient (Wildman–Crippen LogP) is 4.80. The molecule has 0 spiro atoms. The molecule has 0 aliphatic carbocycles. The second kappa shape index (κ2) is 8.42. The number of nitrogens with zero attached hydrogens (tertiary/aromatic N) is 2. The molecule has 0 fully saturated rings. The van der Waals surface area contributed by atoms with Crippen LogP contribution in [-0.4, -0.2) is 10.4 Å². The van der Waals surface area contributed by atoms with Gasteiger partial charge in [-0.1, -0.05) is 78.9 Å². The number of Topliss-reactive ketones (excluding diaryl/α,β-unsaturated/α-hetero) is 1. The summed E-state index contributed by atoms with van der Waals surface area (Å²) in [5, 5.41) is 9.75. The molecule has 144 valence electrons. The molecule has 0 atom stereocenters. The normalized spacial score (nSPS) is 10.4. The minimum Gasteiger partial charge on any atom is -0.294 e. The Bertz CT molecular complexity index is 1290. The Balaban J connectivity index is 1.94. The number of hydrogen-bond acceptors (Lipinski definition) is 3. The zero-order chi connectivity index (χ0) is 20.9. The van der Waals surface area contributed by atoms with Crippen molar-refractivity contribution in [1.29, 1.82) is 5.26 Å². The van der Waals surface area contributed by atoms with E-state index in [0.717, 1.165) is 5.56 Å². The van der Waals surface area contributed by atoms with Gasteiger partial charge in [-0.05, 0) is 23.8 Å². The maximum Gasteiger partial charge on any atom is 0.273 e. The predicted molar refractivity (Wildman–Crippen MR) is 117 cm³/mol. The quantitative estimate of drug-likeness (QED) is 0.460. The lowest BCUT2D eigenvalue weighted by Gasteiger charge is -2.16. The van der Waals surface area contributed by atoms with Gasteiger partial charge < -0.3 is 0 Å². The van der Waals surface area contributed by atoms with E-state index in [1.54, 1.807) is 30.3 Å². The summed E-state index contributed by atoms with van der Waals surface area (Å²) < 4.78 is 1.46. The van der Waals surface area contributed by atoms with E-state index in [2.05, 4.69) is 6.07 Å². The van der Waals surface area contributed by atoms with Crippen molar-refractivity contribution in [2.75, 3.05) is 0 Å². The van der Waals surface area contributed by atoms with Gasteiger partial charge in [0.15, 0.2) is 5.78 Å². The van der Waals surface area contributed by atoms with Crippen molar-refractivity contribution < 1.29 is 4.79 Å². The number of pyridine rings is 1. The highest BCUT2D eigenvalue weighted by molar-refractivity contribution is 5.97. The maximum atomic E-state index is 13.4. The first-order valence-corrected chi connectivity index (χ1v) is 9.57. The molecule has 30 heavy (non-hydrogen) atoms. The van der Waals surface area contributed by atoms with Gasteiger partial charge in [-0.2, -0.15) is 5.26 Å². The Labute approximate surface area is 174 Å². The van der Waals surface area contributed by atoms with Gasteiger partial charge in [-0.15, -0.1) is 0 Å². The van der Waals surface area contributed by atoms with Crippen molar-refractivity contribution in [3.8, 4) is 22.9 Å². The number of rotatable bonds is 5. The Kier molecular flexibility index (Phi) is 5.36. The first-order valence-electron chi connectivity index (χ1n) is 9.57. The van der Waals surface area contributed by atoms with Crippen LogP contribution in [0.3, 0.4) is 0 Å². The molecule has 4 rings (SSSR count). The third kappa shape index (κ3) is 3.69. The Hall–Kier alpha value is -4.23. The number of hydrogen-bond donors (Lipinski definition) is 0.